The summed E-state index contributed by atoms with van der Waals surface area (Å²) in [6.45, 7) is 5.28. The van der Waals surface area contributed by atoms with Crippen molar-refractivity contribution >= 4 is 11.9 Å². The van der Waals surface area contributed by atoms with E-state index >= 15 is 0 Å². The van der Waals surface area contributed by atoms with Gasteiger partial charge in [0.05, 0.1) is 5.97 Å². The largest absolute Gasteiger partial charge is 0.549 e. The second-order valence-corrected chi connectivity index (χ2v) is 3.03. The van der Waals surface area contributed by atoms with Crippen molar-refractivity contribution in [3.8, 4) is 0 Å². The zero-order chi connectivity index (χ0) is 11.1. The van der Waals surface area contributed by atoms with Crippen LogP contribution in [0, 0.1) is 0 Å². The molecule has 0 unspecified atom stereocenters. The highest BCUT2D eigenvalue weighted by molar-refractivity contribution is 5.86. The van der Waals surface area contributed by atoms with Gasteiger partial charge in [0.2, 0.25) is 0 Å². The number of carbonyl (C=O) groups is 2. The van der Waals surface area contributed by atoms with Gasteiger partial charge in [-0.2, -0.15) is 0 Å². The minimum atomic E-state index is -1.15. The number of ether oxygens (including phenoxy) is 1. The van der Waals surface area contributed by atoms with Crippen LogP contribution >= 0.6 is 0 Å². The Labute approximate surface area is 83.0 Å². The quantitative estimate of drug-likeness (QED) is 0.397. The first-order chi connectivity index (χ1) is 6.43. The van der Waals surface area contributed by atoms with Gasteiger partial charge < -0.3 is 14.6 Å². The van der Waals surface area contributed by atoms with E-state index in [4.69, 9.17) is 4.74 Å². The van der Waals surface area contributed by atoms with Crippen LogP contribution in [0.15, 0.2) is 12.2 Å². The Kier molecular flexibility index (Phi) is 5.55. The predicted molar refractivity (Wildman–Crippen MR) is 48.3 cm³/mol. The van der Waals surface area contributed by atoms with Crippen LogP contribution in [0.25, 0.3) is 0 Å². The van der Waals surface area contributed by atoms with E-state index in [1.54, 1.807) is 14.0 Å². The molecule has 0 atom stereocenters. The van der Waals surface area contributed by atoms with Crippen molar-refractivity contribution in [1.82, 2.24) is 4.90 Å². The summed E-state index contributed by atoms with van der Waals surface area (Å²) in [6, 6.07) is 0. The van der Waals surface area contributed by atoms with Crippen LogP contribution in [0.3, 0.4) is 0 Å². The van der Waals surface area contributed by atoms with E-state index in [-0.39, 0.29) is 13.2 Å². The second kappa shape index (κ2) is 6.15. The summed E-state index contributed by atoms with van der Waals surface area (Å²) < 4.78 is 4.76. The van der Waals surface area contributed by atoms with Crippen LogP contribution in [0.2, 0.25) is 0 Å². The van der Waals surface area contributed by atoms with Gasteiger partial charge in [0.1, 0.15) is 6.61 Å². The zero-order valence-corrected chi connectivity index (χ0v) is 8.41. The van der Waals surface area contributed by atoms with Gasteiger partial charge in [0.15, 0.2) is 0 Å². The summed E-state index contributed by atoms with van der Waals surface area (Å²) >= 11 is 0. The first kappa shape index (κ1) is 12.6. The summed E-state index contributed by atoms with van der Waals surface area (Å²) in [6.07, 6.45) is 0. The molecule has 14 heavy (non-hydrogen) atoms. The Morgan fingerprint density at radius 3 is 2.50 bits per heavy atom. The van der Waals surface area contributed by atoms with E-state index in [1.165, 1.54) is 4.90 Å². The Balaban J connectivity index is 3.59. The van der Waals surface area contributed by atoms with E-state index in [1.807, 2.05) is 0 Å². The highest BCUT2D eigenvalue weighted by Crippen LogP contribution is 1.92. The van der Waals surface area contributed by atoms with Crippen molar-refractivity contribution < 1.29 is 19.4 Å². The molecule has 0 aromatic heterocycles. The molecule has 5 heteroatoms. The Hall–Kier alpha value is -1.36. The summed E-state index contributed by atoms with van der Waals surface area (Å²) in [5.41, 5.74) is 0.326. The van der Waals surface area contributed by atoms with Gasteiger partial charge in [-0.3, -0.25) is 4.90 Å². The number of likely N-dealkylation sites (N-methyl/N-ethyl adjacent to an activating group) is 1. The highest BCUT2D eigenvalue weighted by atomic mass is 16.5. The monoisotopic (exact) mass is 200 g/mol. The molecule has 0 aliphatic heterocycles. The summed E-state index contributed by atoms with van der Waals surface area (Å²) in [5, 5.41) is 10.1. The van der Waals surface area contributed by atoms with Gasteiger partial charge >= 0.3 is 5.97 Å². The summed E-state index contributed by atoms with van der Waals surface area (Å²) in [7, 11) is 1.60. The average molecular weight is 200 g/mol. The SMILES string of the molecule is C=C(C)C(=O)OCCN(C)CC(=O)[O-]. The van der Waals surface area contributed by atoms with Gasteiger partial charge in [-0.1, -0.05) is 6.58 Å². The maximum atomic E-state index is 10.9. The Morgan fingerprint density at radius 2 is 2.07 bits per heavy atom. The predicted octanol–water partition coefficient (Wildman–Crippen LogP) is -1.21. The second-order valence-electron chi connectivity index (χ2n) is 3.03. The number of carbonyl (C=O) groups excluding carboxylic acids is 2. The molecular weight excluding hydrogens is 186 g/mol. The minimum absolute atomic E-state index is 0.148. The fraction of sp³-hybridized carbons (Fsp3) is 0.556. The first-order valence-electron chi connectivity index (χ1n) is 4.14. The Bertz CT molecular complexity index is 237. The van der Waals surface area contributed by atoms with Crippen LogP contribution in [-0.4, -0.2) is 43.6 Å². The van der Waals surface area contributed by atoms with E-state index < -0.39 is 11.9 Å². The third-order valence-corrected chi connectivity index (χ3v) is 1.45. The smallest absolute Gasteiger partial charge is 0.333 e. The van der Waals surface area contributed by atoms with Crippen LogP contribution < -0.4 is 5.11 Å². The molecule has 0 saturated carbocycles. The molecular formula is C9H14NO4-. The molecule has 5 nitrogen and oxygen atoms in total. The van der Waals surface area contributed by atoms with E-state index in [0.717, 1.165) is 0 Å². The van der Waals surface area contributed by atoms with Gasteiger partial charge in [-0.15, -0.1) is 0 Å². The van der Waals surface area contributed by atoms with Crippen molar-refractivity contribution in [2.75, 3.05) is 26.7 Å². The van der Waals surface area contributed by atoms with E-state index in [9.17, 15) is 14.7 Å². The van der Waals surface area contributed by atoms with Crippen LogP contribution in [0.5, 0.6) is 0 Å². The minimum Gasteiger partial charge on any atom is -0.549 e. The fourth-order valence-corrected chi connectivity index (χ4v) is 0.717. The summed E-state index contributed by atoms with van der Waals surface area (Å²) in [5.74, 6) is -1.62. The third kappa shape index (κ3) is 6.19. The average Bonchev–Trinajstić information content (AvgIpc) is 2.02. The molecule has 0 bridgehead atoms. The number of nitrogens with zero attached hydrogens (tertiary/aromatic N) is 1. The van der Waals surface area contributed by atoms with E-state index in [2.05, 4.69) is 6.58 Å². The van der Waals surface area contributed by atoms with Crippen molar-refractivity contribution in [2.24, 2.45) is 0 Å². The maximum Gasteiger partial charge on any atom is 0.333 e. The molecule has 0 N–H and O–H groups in total. The maximum absolute atomic E-state index is 10.9. The number of hydrogen-bond donors (Lipinski definition) is 0. The number of rotatable bonds is 6. The standard InChI is InChI=1S/C9H15NO4/c1-7(2)9(13)14-5-4-10(3)6-8(11)12/h1,4-6H2,2-3H3,(H,11,12)/p-1. The van der Waals surface area contributed by atoms with Crippen LogP contribution in [0.4, 0.5) is 0 Å². The molecule has 0 aromatic rings. The van der Waals surface area contributed by atoms with Gasteiger partial charge in [0, 0.05) is 18.7 Å². The fourth-order valence-electron chi connectivity index (χ4n) is 0.717. The molecule has 0 aromatic carbocycles. The topological polar surface area (TPSA) is 69.7 Å². The lowest BCUT2D eigenvalue weighted by Gasteiger charge is -2.16. The van der Waals surface area contributed by atoms with Crippen molar-refractivity contribution in [3.05, 3.63) is 12.2 Å². The number of carboxylic acids is 1. The van der Waals surface area contributed by atoms with Gasteiger partial charge in [-0.25, -0.2) is 4.79 Å². The van der Waals surface area contributed by atoms with Crippen molar-refractivity contribution in [3.63, 3.8) is 0 Å². The summed E-state index contributed by atoms with van der Waals surface area (Å²) in [4.78, 5) is 22.5. The molecule has 0 heterocycles. The van der Waals surface area contributed by atoms with E-state index in [0.29, 0.717) is 12.1 Å². The van der Waals surface area contributed by atoms with Gasteiger partial charge in [0.25, 0.3) is 0 Å². The number of carboxylic acid groups (broad SMARTS) is 1. The number of hydrogen-bond acceptors (Lipinski definition) is 5. The lowest BCUT2D eigenvalue weighted by Crippen LogP contribution is -2.37. The zero-order valence-electron chi connectivity index (χ0n) is 8.41. The molecule has 0 saturated heterocycles. The molecule has 0 fully saturated rings. The lowest BCUT2D eigenvalue weighted by molar-refractivity contribution is -0.306. The van der Waals surface area contributed by atoms with Gasteiger partial charge in [-0.05, 0) is 14.0 Å². The number of esters is 1. The third-order valence-electron chi connectivity index (χ3n) is 1.45. The molecule has 0 rings (SSSR count). The first-order valence-corrected chi connectivity index (χ1v) is 4.14. The van der Waals surface area contributed by atoms with Crippen molar-refractivity contribution in [2.45, 2.75) is 6.92 Å². The molecule has 0 aliphatic rings. The highest BCUT2D eigenvalue weighted by Gasteiger charge is 2.03. The molecule has 0 spiro atoms. The van der Waals surface area contributed by atoms with Crippen LogP contribution in [0.1, 0.15) is 6.92 Å². The number of aliphatic carboxylic acids is 1. The van der Waals surface area contributed by atoms with Crippen LogP contribution in [-0.2, 0) is 14.3 Å². The molecule has 0 radical (unpaired) electrons. The molecule has 0 amide bonds. The normalized spacial score (nSPS) is 9.93. The molecule has 0 aliphatic carbocycles. The van der Waals surface area contributed by atoms with Crippen molar-refractivity contribution in [1.29, 1.82) is 0 Å². The lowest BCUT2D eigenvalue weighted by atomic mass is 10.4. The molecule has 80 valence electrons. The Morgan fingerprint density at radius 1 is 1.50 bits per heavy atom.